The van der Waals surface area contributed by atoms with Gasteiger partial charge in [-0.1, -0.05) is 42.6 Å². The standard InChI is InChI=1S/C20H13Cl2F5N6O4S/c21-15-12(1-2-13(16(15)22)38(23,24,25,26)27)33-17(31-19(36)37-8-10-6-29-9-30-7-10)14(11(5-28)32-33)20(3-4-20)18(34)35/h1-2,6-7,9H,3-4,8H2,(H,31,36)(H,34,35). The molecule has 0 spiro atoms. The molecule has 0 unspecified atom stereocenters. The third-order valence-corrected chi connectivity index (χ3v) is 7.66. The van der Waals surface area contributed by atoms with E-state index in [1.165, 1.54) is 18.7 Å². The fourth-order valence-electron chi connectivity index (χ4n) is 3.60. The molecule has 202 valence electrons. The Bertz CT molecular complexity index is 1530. The van der Waals surface area contributed by atoms with Gasteiger partial charge in [-0.25, -0.2) is 19.4 Å². The number of carbonyl (C=O) groups is 2. The summed E-state index contributed by atoms with van der Waals surface area (Å²) in [4.78, 5) is 29.7. The first kappa shape index (κ1) is 27.4. The van der Waals surface area contributed by atoms with Crippen molar-refractivity contribution in [2.75, 3.05) is 5.32 Å². The van der Waals surface area contributed by atoms with E-state index in [-0.39, 0.29) is 31.1 Å². The van der Waals surface area contributed by atoms with Crippen LogP contribution in [-0.2, 0) is 21.6 Å². The highest BCUT2D eigenvalue weighted by atomic mass is 35.5. The fraction of sp³-hybridized carbons (Fsp3) is 0.200. The van der Waals surface area contributed by atoms with Gasteiger partial charge in [-0.2, -0.15) is 10.4 Å². The maximum Gasteiger partial charge on any atom is 0.413 e. The van der Waals surface area contributed by atoms with Crippen LogP contribution in [0.4, 0.5) is 30.0 Å². The van der Waals surface area contributed by atoms with Gasteiger partial charge in [-0.3, -0.25) is 10.1 Å². The Morgan fingerprint density at radius 3 is 2.32 bits per heavy atom. The lowest BCUT2D eigenvalue weighted by Crippen LogP contribution is -2.24. The Kier molecular flexibility index (Phi) is 6.06. The summed E-state index contributed by atoms with van der Waals surface area (Å²) < 4.78 is 72.8. The third-order valence-electron chi connectivity index (χ3n) is 5.50. The summed E-state index contributed by atoms with van der Waals surface area (Å²) in [7, 11) is -10.3. The zero-order valence-corrected chi connectivity index (χ0v) is 20.8. The number of benzene rings is 1. The molecule has 0 radical (unpaired) electrons. The minimum absolute atomic E-state index is 0.0277. The lowest BCUT2D eigenvalue weighted by Gasteiger charge is -2.41. The largest absolute Gasteiger partial charge is 0.481 e. The van der Waals surface area contributed by atoms with E-state index in [9.17, 15) is 39.4 Å². The molecule has 18 heteroatoms. The number of hydrogen-bond acceptors (Lipinski definition) is 7. The van der Waals surface area contributed by atoms with Crippen LogP contribution in [0.2, 0.25) is 10.0 Å². The smallest absolute Gasteiger partial charge is 0.413 e. The first-order chi connectivity index (χ1) is 17.5. The molecule has 0 aliphatic heterocycles. The predicted molar refractivity (Wildman–Crippen MR) is 124 cm³/mol. The van der Waals surface area contributed by atoms with E-state index in [1.807, 2.05) is 0 Å². The number of nitriles is 1. The van der Waals surface area contributed by atoms with Crippen molar-refractivity contribution in [3.63, 3.8) is 0 Å². The van der Waals surface area contributed by atoms with E-state index in [4.69, 9.17) is 27.9 Å². The van der Waals surface area contributed by atoms with E-state index in [1.54, 1.807) is 6.07 Å². The Morgan fingerprint density at radius 1 is 1.16 bits per heavy atom. The normalized spacial score (nSPS) is 16.1. The first-order valence-electron chi connectivity index (χ1n) is 10.2. The molecule has 1 aliphatic rings. The van der Waals surface area contributed by atoms with Gasteiger partial charge in [-0.15, -0.1) is 0 Å². The lowest BCUT2D eigenvalue weighted by atomic mass is 9.95. The number of carboxylic acid groups (broad SMARTS) is 1. The Hall–Kier alpha value is -3.68. The van der Waals surface area contributed by atoms with E-state index < -0.39 is 59.8 Å². The van der Waals surface area contributed by atoms with Crippen LogP contribution in [0, 0.1) is 11.3 Å². The lowest BCUT2D eigenvalue weighted by molar-refractivity contribution is -0.140. The minimum atomic E-state index is -10.3. The number of halogens is 7. The number of amides is 1. The molecule has 4 rings (SSSR count). The highest BCUT2D eigenvalue weighted by Gasteiger charge is 2.67. The van der Waals surface area contributed by atoms with Crippen LogP contribution < -0.4 is 5.32 Å². The van der Waals surface area contributed by atoms with Crippen molar-refractivity contribution < 1.29 is 38.9 Å². The number of nitrogens with one attached hydrogen (secondary N) is 1. The summed E-state index contributed by atoms with van der Waals surface area (Å²) >= 11 is 11.5. The van der Waals surface area contributed by atoms with Crippen LogP contribution >= 0.6 is 33.4 Å². The highest BCUT2D eigenvalue weighted by Crippen LogP contribution is 3.02. The molecule has 10 nitrogen and oxygen atoms in total. The summed E-state index contributed by atoms with van der Waals surface area (Å²) in [6.45, 7) is -0.337. The van der Waals surface area contributed by atoms with Crippen LogP contribution in [-0.4, -0.2) is 36.9 Å². The van der Waals surface area contributed by atoms with Gasteiger partial charge < -0.3 is 9.84 Å². The van der Waals surface area contributed by atoms with Crippen molar-refractivity contribution in [1.82, 2.24) is 19.7 Å². The molecule has 38 heavy (non-hydrogen) atoms. The molecule has 0 saturated heterocycles. The summed E-state index contributed by atoms with van der Waals surface area (Å²) in [6.07, 6.45) is 2.80. The quantitative estimate of drug-likeness (QED) is 0.299. The molecule has 1 saturated carbocycles. The summed E-state index contributed by atoms with van der Waals surface area (Å²) in [5.74, 6) is -1.86. The number of nitrogens with zero attached hydrogens (tertiary/aromatic N) is 5. The monoisotopic (exact) mass is 598 g/mol. The highest BCUT2D eigenvalue weighted by molar-refractivity contribution is 8.45. The summed E-state index contributed by atoms with van der Waals surface area (Å²) in [6, 6.07) is 2.14. The topological polar surface area (TPSA) is 143 Å². The summed E-state index contributed by atoms with van der Waals surface area (Å²) in [5, 5.41) is 22.9. The number of carbonyl (C=O) groups excluding carboxylic acids is 1. The van der Waals surface area contributed by atoms with Gasteiger partial charge in [0.15, 0.2) is 5.69 Å². The van der Waals surface area contributed by atoms with Crippen LogP contribution in [0.3, 0.4) is 0 Å². The number of ether oxygens (including phenoxy) is 1. The van der Waals surface area contributed by atoms with Crippen LogP contribution in [0.1, 0.15) is 29.7 Å². The van der Waals surface area contributed by atoms with E-state index in [0.29, 0.717) is 16.3 Å². The summed E-state index contributed by atoms with van der Waals surface area (Å²) in [5.41, 5.74) is -2.64. The van der Waals surface area contributed by atoms with Crippen LogP contribution in [0.5, 0.6) is 0 Å². The molecule has 2 aromatic heterocycles. The second-order valence-electron chi connectivity index (χ2n) is 8.11. The fourth-order valence-corrected chi connectivity index (χ4v) is 5.27. The first-order valence-corrected chi connectivity index (χ1v) is 12.9. The van der Waals surface area contributed by atoms with Crippen molar-refractivity contribution in [2.24, 2.45) is 0 Å². The minimum Gasteiger partial charge on any atom is -0.481 e. The number of carboxylic acids is 1. The maximum absolute atomic E-state index is 13.4. The van der Waals surface area contributed by atoms with Gasteiger partial charge in [-0.05, 0) is 25.0 Å². The molecule has 2 N–H and O–H groups in total. The van der Waals surface area contributed by atoms with E-state index in [0.717, 1.165) is 0 Å². The molecule has 2 heterocycles. The Labute approximate surface area is 219 Å². The van der Waals surface area contributed by atoms with Gasteiger partial charge >= 0.3 is 22.3 Å². The average Bonchev–Trinajstić information content (AvgIpc) is 3.55. The van der Waals surface area contributed by atoms with Crippen molar-refractivity contribution in [2.45, 2.75) is 29.8 Å². The Balaban J connectivity index is 1.85. The maximum atomic E-state index is 13.4. The molecular formula is C20H13Cl2F5N6O4S. The Morgan fingerprint density at radius 2 is 1.79 bits per heavy atom. The number of aromatic nitrogens is 4. The van der Waals surface area contributed by atoms with Crippen molar-refractivity contribution in [3.8, 4) is 11.8 Å². The molecule has 1 amide bonds. The van der Waals surface area contributed by atoms with Crippen molar-refractivity contribution in [1.29, 1.82) is 5.26 Å². The SMILES string of the molecule is N#Cc1nn(-c2ccc(S(F)(F)(F)(F)F)c(Cl)c2Cl)c(NC(=O)OCc2cncnc2)c1C1(C(=O)O)CC1. The van der Waals surface area contributed by atoms with Gasteiger partial charge in [0.25, 0.3) is 0 Å². The molecule has 1 aromatic carbocycles. The molecule has 0 bridgehead atoms. The van der Waals surface area contributed by atoms with Crippen LogP contribution in [0.15, 0.2) is 35.7 Å². The second-order valence-corrected chi connectivity index (χ2v) is 11.2. The van der Waals surface area contributed by atoms with Gasteiger partial charge in [0.2, 0.25) is 0 Å². The number of hydrogen-bond donors (Lipinski definition) is 2. The number of aliphatic carboxylic acids is 1. The van der Waals surface area contributed by atoms with E-state index in [2.05, 4.69) is 20.4 Å². The zero-order valence-electron chi connectivity index (χ0n) is 18.5. The van der Waals surface area contributed by atoms with Crippen molar-refractivity contribution in [3.05, 3.63) is 57.7 Å². The molecular weight excluding hydrogens is 586 g/mol. The molecule has 0 atom stereocenters. The molecule has 3 aromatic rings. The average molecular weight is 599 g/mol. The number of rotatable bonds is 7. The zero-order chi connectivity index (χ0) is 28.2. The van der Waals surface area contributed by atoms with Gasteiger partial charge in [0.1, 0.15) is 29.7 Å². The van der Waals surface area contributed by atoms with Gasteiger partial charge in [0.05, 0.1) is 26.7 Å². The predicted octanol–water partition coefficient (Wildman–Crippen LogP) is 6.36. The number of anilines is 1. The second kappa shape index (κ2) is 8.41. The van der Waals surface area contributed by atoms with E-state index >= 15 is 0 Å². The third kappa shape index (κ3) is 5.04. The van der Waals surface area contributed by atoms with Crippen molar-refractivity contribution >= 4 is 51.3 Å². The van der Waals surface area contributed by atoms with Gasteiger partial charge in [0, 0.05) is 18.0 Å². The van der Waals surface area contributed by atoms with Crippen LogP contribution in [0.25, 0.3) is 5.69 Å². The molecule has 1 fully saturated rings. The molecule has 1 aliphatic carbocycles.